The number of carbonyl (C=O) groups is 1. The fourth-order valence-electron chi connectivity index (χ4n) is 1.44. The van der Waals surface area contributed by atoms with Gasteiger partial charge in [0.05, 0.1) is 4.92 Å². The molecular formula is C10H5FN2O5. The maximum absolute atomic E-state index is 13.1. The van der Waals surface area contributed by atoms with Crippen LogP contribution in [0.15, 0.2) is 29.0 Å². The molecule has 0 unspecified atom stereocenters. The van der Waals surface area contributed by atoms with Crippen LogP contribution >= 0.6 is 0 Å². The molecular weight excluding hydrogens is 247 g/mol. The van der Waals surface area contributed by atoms with Crippen molar-refractivity contribution in [2.24, 2.45) is 0 Å². The number of halogens is 1. The number of aromatic carboxylic acids is 1. The molecule has 1 N–H and O–H groups in total. The van der Waals surface area contributed by atoms with Gasteiger partial charge in [0.15, 0.2) is 17.8 Å². The van der Waals surface area contributed by atoms with Gasteiger partial charge in [-0.15, -0.1) is 0 Å². The minimum atomic E-state index is -1.42. The number of benzene rings is 1. The summed E-state index contributed by atoms with van der Waals surface area (Å²) < 4.78 is 17.9. The van der Waals surface area contributed by atoms with E-state index in [1.807, 2.05) is 0 Å². The molecule has 2 rings (SSSR count). The molecule has 0 saturated carbocycles. The molecule has 2 aromatic rings. The highest BCUT2D eigenvalue weighted by molar-refractivity contribution is 5.93. The van der Waals surface area contributed by atoms with Gasteiger partial charge in [-0.1, -0.05) is 0 Å². The van der Waals surface area contributed by atoms with Crippen LogP contribution in [-0.2, 0) is 0 Å². The summed E-state index contributed by atoms with van der Waals surface area (Å²) in [6.45, 7) is 0. The van der Waals surface area contributed by atoms with Gasteiger partial charge >= 0.3 is 5.97 Å². The second-order valence-corrected chi connectivity index (χ2v) is 3.25. The lowest BCUT2D eigenvalue weighted by Gasteiger charge is -2.00. The Bertz CT molecular complexity index is 637. The molecule has 8 heteroatoms. The van der Waals surface area contributed by atoms with Gasteiger partial charge in [0.2, 0.25) is 0 Å². The van der Waals surface area contributed by atoms with E-state index in [0.717, 1.165) is 24.6 Å². The molecule has 92 valence electrons. The van der Waals surface area contributed by atoms with E-state index in [-0.39, 0.29) is 11.3 Å². The predicted molar refractivity (Wildman–Crippen MR) is 55.5 cm³/mol. The third-order valence-electron chi connectivity index (χ3n) is 2.17. The minimum absolute atomic E-state index is 0.269. The average Bonchev–Trinajstić information content (AvgIpc) is 2.77. The Morgan fingerprint density at radius 2 is 2.22 bits per heavy atom. The first-order valence-electron chi connectivity index (χ1n) is 4.62. The monoisotopic (exact) mass is 252 g/mol. The van der Waals surface area contributed by atoms with Crippen LogP contribution in [-0.4, -0.2) is 21.0 Å². The molecule has 0 saturated heterocycles. The second kappa shape index (κ2) is 4.24. The Morgan fingerprint density at radius 1 is 1.50 bits per heavy atom. The Morgan fingerprint density at radius 3 is 2.83 bits per heavy atom. The van der Waals surface area contributed by atoms with Gasteiger partial charge in [-0.2, -0.15) is 0 Å². The molecule has 1 aromatic heterocycles. The lowest BCUT2D eigenvalue weighted by molar-refractivity contribution is -0.384. The van der Waals surface area contributed by atoms with Gasteiger partial charge < -0.3 is 9.52 Å². The molecule has 7 nitrogen and oxygen atoms in total. The van der Waals surface area contributed by atoms with Crippen molar-refractivity contribution < 1.29 is 23.6 Å². The van der Waals surface area contributed by atoms with E-state index in [2.05, 4.69) is 4.98 Å². The number of hydrogen-bond acceptors (Lipinski definition) is 5. The van der Waals surface area contributed by atoms with E-state index in [1.54, 1.807) is 0 Å². The van der Waals surface area contributed by atoms with Crippen molar-refractivity contribution in [2.45, 2.75) is 0 Å². The lowest BCUT2D eigenvalue weighted by atomic mass is 10.1. The number of nitro groups is 1. The van der Waals surface area contributed by atoms with Crippen molar-refractivity contribution in [3.05, 3.63) is 46.2 Å². The molecule has 0 bridgehead atoms. The summed E-state index contributed by atoms with van der Waals surface area (Å²) >= 11 is 0. The van der Waals surface area contributed by atoms with Crippen molar-refractivity contribution in [1.29, 1.82) is 0 Å². The van der Waals surface area contributed by atoms with E-state index < -0.39 is 28.1 Å². The second-order valence-electron chi connectivity index (χ2n) is 3.25. The van der Waals surface area contributed by atoms with Crippen molar-refractivity contribution in [1.82, 2.24) is 4.98 Å². The van der Waals surface area contributed by atoms with Gasteiger partial charge in [0.25, 0.3) is 5.69 Å². The van der Waals surface area contributed by atoms with Crippen LogP contribution in [0, 0.1) is 15.9 Å². The Labute approximate surface area is 98.6 Å². The predicted octanol–water partition coefficient (Wildman–Crippen LogP) is 2.09. The molecule has 0 spiro atoms. The number of nitro benzene ring substituents is 1. The fourth-order valence-corrected chi connectivity index (χ4v) is 1.44. The highest BCUT2D eigenvalue weighted by atomic mass is 19.1. The number of aromatic nitrogens is 1. The molecule has 0 atom stereocenters. The van der Waals surface area contributed by atoms with Gasteiger partial charge in [0.1, 0.15) is 11.4 Å². The SMILES string of the molecule is O=C(O)c1ncoc1-c1cc(F)ccc1[N+](=O)[O-]. The fraction of sp³-hybridized carbons (Fsp3) is 0. The molecule has 0 aliphatic heterocycles. The molecule has 0 fully saturated rings. The minimum Gasteiger partial charge on any atom is -0.476 e. The number of rotatable bonds is 3. The number of oxazole rings is 1. The van der Waals surface area contributed by atoms with Crippen LogP contribution in [0.5, 0.6) is 0 Å². The van der Waals surface area contributed by atoms with Crippen LogP contribution in [0.1, 0.15) is 10.5 Å². The molecule has 1 aromatic carbocycles. The van der Waals surface area contributed by atoms with Crippen LogP contribution < -0.4 is 0 Å². The number of carboxylic acid groups (broad SMARTS) is 1. The van der Waals surface area contributed by atoms with Gasteiger partial charge in [-0.25, -0.2) is 14.2 Å². The molecule has 0 radical (unpaired) electrons. The Kier molecular flexibility index (Phi) is 2.76. The quantitative estimate of drug-likeness (QED) is 0.662. The molecule has 18 heavy (non-hydrogen) atoms. The Balaban J connectivity index is 2.69. The van der Waals surface area contributed by atoms with E-state index in [9.17, 15) is 19.3 Å². The first-order chi connectivity index (χ1) is 8.50. The largest absolute Gasteiger partial charge is 0.476 e. The van der Waals surface area contributed by atoms with E-state index in [0.29, 0.717) is 0 Å². The van der Waals surface area contributed by atoms with Crippen molar-refractivity contribution in [3.8, 4) is 11.3 Å². The van der Waals surface area contributed by atoms with Gasteiger partial charge in [-0.3, -0.25) is 10.1 Å². The topological polar surface area (TPSA) is 106 Å². The smallest absolute Gasteiger partial charge is 0.358 e. The zero-order chi connectivity index (χ0) is 13.3. The molecule has 0 amide bonds. The average molecular weight is 252 g/mol. The molecule has 0 aliphatic carbocycles. The summed E-state index contributed by atoms with van der Waals surface area (Å²) in [5.41, 5.74) is -1.24. The molecule has 0 aliphatic rings. The first-order valence-corrected chi connectivity index (χ1v) is 4.62. The standard InChI is InChI=1S/C10H5FN2O5/c11-5-1-2-7(13(16)17)6(3-5)9-8(10(14)15)12-4-18-9/h1-4H,(H,14,15). The Hall–Kier alpha value is -2.77. The zero-order valence-corrected chi connectivity index (χ0v) is 8.66. The third-order valence-corrected chi connectivity index (χ3v) is 2.17. The summed E-state index contributed by atoms with van der Waals surface area (Å²) in [4.78, 5) is 24.3. The number of carboxylic acids is 1. The first kappa shape index (κ1) is 11.7. The van der Waals surface area contributed by atoms with Gasteiger partial charge in [0, 0.05) is 6.07 Å². The summed E-state index contributed by atoms with van der Waals surface area (Å²) in [6, 6.07) is 2.66. The number of nitrogens with zero attached hydrogens (tertiary/aromatic N) is 2. The lowest BCUT2D eigenvalue weighted by Crippen LogP contribution is -2.00. The van der Waals surface area contributed by atoms with Crippen LogP contribution in [0.4, 0.5) is 10.1 Å². The maximum atomic E-state index is 13.1. The highest BCUT2D eigenvalue weighted by Gasteiger charge is 2.25. The summed E-state index contributed by atoms with van der Waals surface area (Å²) in [5.74, 6) is -2.52. The third kappa shape index (κ3) is 1.90. The summed E-state index contributed by atoms with van der Waals surface area (Å²) in [5, 5.41) is 19.6. The van der Waals surface area contributed by atoms with Gasteiger partial charge in [-0.05, 0) is 12.1 Å². The maximum Gasteiger partial charge on any atom is 0.358 e. The summed E-state index contributed by atoms with van der Waals surface area (Å²) in [6.07, 6.45) is 0.827. The van der Waals surface area contributed by atoms with Crippen molar-refractivity contribution in [2.75, 3.05) is 0 Å². The highest BCUT2D eigenvalue weighted by Crippen LogP contribution is 2.32. The van der Waals surface area contributed by atoms with Crippen LogP contribution in [0.25, 0.3) is 11.3 Å². The van der Waals surface area contributed by atoms with Crippen molar-refractivity contribution in [3.63, 3.8) is 0 Å². The van der Waals surface area contributed by atoms with E-state index in [4.69, 9.17) is 9.52 Å². The normalized spacial score (nSPS) is 10.3. The van der Waals surface area contributed by atoms with Crippen LogP contribution in [0.2, 0.25) is 0 Å². The molecule has 1 heterocycles. The zero-order valence-electron chi connectivity index (χ0n) is 8.66. The van der Waals surface area contributed by atoms with E-state index >= 15 is 0 Å². The number of hydrogen-bond donors (Lipinski definition) is 1. The van der Waals surface area contributed by atoms with E-state index in [1.165, 1.54) is 0 Å². The van der Waals surface area contributed by atoms with Crippen molar-refractivity contribution >= 4 is 11.7 Å². The van der Waals surface area contributed by atoms with Crippen LogP contribution in [0.3, 0.4) is 0 Å². The summed E-state index contributed by atoms with van der Waals surface area (Å²) in [7, 11) is 0.